The van der Waals surface area contributed by atoms with Gasteiger partial charge in [-0.2, -0.15) is 0 Å². The van der Waals surface area contributed by atoms with Crippen LogP contribution in [0, 0.1) is 6.92 Å². The van der Waals surface area contributed by atoms with Crippen molar-refractivity contribution in [2.45, 2.75) is 32.6 Å². The fourth-order valence-electron chi connectivity index (χ4n) is 1.99. The second-order valence-corrected chi connectivity index (χ2v) is 4.15. The van der Waals surface area contributed by atoms with Gasteiger partial charge in [0, 0.05) is 12.6 Å². The number of aromatic amines is 1. The molecule has 0 unspecified atom stereocenters. The van der Waals surface area contributed by atoms with Gasteiger partial charge in [-0.3, -0.25) is 4.79 Å². The molecule has 4 nitrogen and oxygen atoms in total. The Hall–Kier alpha value is -1.58. The Morgan fingerprint density at radius 3 is 3.12 bits per heavy atom. The molecule has 0 saturated heterocycles. The van der Waals surface area contributed by atoms with E-state index in [2.05, 4.69) is 21.4 Å². The van der Waals surface area contributed by atoms with Crippen LogP contribution in [-0.4, -0.2) is 16.5 Å². The zero-order chi connectivity index (χ0) is 11.4. The first kappa shape index (κ1) is 10.9. The minimum atomic E-state index is -0.102. The van der Waals surface area contributed by atoms with Gasteiger partial charge in [0.05, 0.1) is 0 Å². The Kier molecular flexibility index (Phi) is 3.39. The number of nitrogens with one attached hydrogen (secondary N) is 2. The Morgan fingerprint density at radius 1 is 1.56 bits per heavy atom. The van der Waals surface area contributed by atoms with E-state index in [0.717, 1.165) is 13.0 Å². The van der Waals surface area contributed by atoms with Gasteiger partial charge in [0.15, 0.2) is 0 Å². The van der Waals surface area contributed by atoms with Crippen molar-refractivity contribution in [2.24, 2.45) is 0 Å². The molecule has 0 radical (unpaired) electrons. The Bertz CT molecular complexity index is 448. The third kappa shape index (κ3) is 2.95. The molecular weight excluding hydrogens is 202 g/mol. The topological polar surface area (TPSA) is 57.8 Å². The quantitative estimate of drug-likeness (QED) is 0.761. The molecule has 2 rings (SSSR count). The first-order valence-electron chi connectivity index (χ1n) is 5.74. The molecule has 0 fully saturated rings. The Labute approximate surface area is 94.8 Å². The van der Waals surface area contributed by atoms with E-state index >= 15 is 0 Å². The predicted molar refractivity (Wildman–Crippen MR) is 64.6 cm³/mol. The summed E-state index contributed by atoms with van der Waals surface area (Å²) < 4.78 is 0. The highest BCUT2D eigenvalue weighted by Crippen LogP contribution is 2.20. The number of rotatable bonds is 4. The van der Waals surface area contributed by atoms with Gasteiger partial charge in [0.2, 0.25) is 0 Å². The third-order valence-corrected chi connectivity index (χ3v) is 2.75. The summed E-state index contributed by atoms with van der Waals surface area (Å²) in [6.45, 7) is 2.63. The summed E-state index contributed by atoms with van der Waals surface area (Å²) >= 11 is 0. The summed E-state index contributed by atoms with van der Waals surface area (Å²) in [5, 5.41) is 3.18. The normalized spacial score (nSPS) is 14.9. The van der Waals surface area contributed by atoms with Crippen LogP contribution in [0.15, 0.2) is 22.5 Å². The highest BCUT2D eigenvalue weighted by molar-refractivity contribution is 5.33. The van der Waals surface area contributed by atoms with Gasteiger partial charge in [-0.1, -0.05) is 11.6 Å². The molecule has 2 N–H and O–H groups in total. The van der Waals surface area contributed by atoms with Gasteiger partial charge in [-0.25, -0.2) is 4.98 Å². The fraction of sp³-hybridized carbons (Fsp3) is 0.500. The zero-order valence-corrected chi connectivity index (χ0v) is 9.55. The summed E-state index contributed by atoms with van der Waals surface area (Å²) in [6.07, 6.45) is 7.10. The predicted octanol–water partition coefficient (Wildman–Crippen LogP) is 1.99. The standard InChI is InChI=1S/C12H17N3O/c1-9-14-11(8-12(16)15-9)13-7-6-10-4-2-3-5-10/h4,8H,2-3,5-7H2,1H3,(H2,13,14,15,16). The Morgan fingerprint density at radius 2 is 2.44 bits per heavy atom. The average molecular weight is 219 g/mol. The van der Waals surface area contributed by atoms with Crippen LogP contribution in [0.3, 0.4) is 0 Å². The number of hydrogen-bond donors (Lipinski definition) is 2. The third-order valence-electron chi connectivity index (χ3n) is 2.75. The van der Waals surface area contributed by atoms with E-state index in [-0.39, 0.29) is 5.56 Å². The lowest BCUT2D eigenvalue weighted by Crippen LogP contribution is -2.12. The molecule has 1 aromatic heterocycles. The molecule has 1 heterocycles. The molecule has 4 heteroatoms. The molecule has 0 saturated carbocycles. The zero-order valence-electron chi connectivity index (χ0n) is 9.55. The van der Waals surface area contributed by atoms with Crippen molar-refractivity contribution in [2.75, 3.05) is 11.9 Å². The van der Waals surface area contributed by atoms with Gasteiger partial charge >= 0.3 is 0 Å². The molecule has 0 bridgehead atoms. The van der Waals surface area contributed by atoms with Crippen molar-refractivity contribution < 1.29 is 0 Å². The molecule has 1 aromatic rings. The number of allylic oxidation sites excluding steroid dienone is 1. The van der Waals surface area contributed by atoms with E-state index in [0.29, 0.717) is 11.6 Å². The number of aryl methyl sites for hydroxylation is 1. The highest BCUT2D eigenvalue weighted by Gasteiger charge is 2.04. The van der Waals surface area contributed by atoms with Crippen molar-refractivity contribution in [3.05, 3.63) is 33.9 Å². The van der Waals surface area contributed by atoms with Crippen LogP contribution in [0.1, 0.15) is 31.5 Å². The SMILES string of the molecule is Cc1nc(NCCC2=CCCC2)cc(=O)[nH]1. The van der Waals surface area contributed by atoms with E-state index in [1.54, 1.807) is 6.92 Å². The maximum absolute atomic E-state index is 11.2. The molecule has 0 amide bonds. The minimum Gasteiger partial charge on any atom is -0.370 e. The molecule has 0 aliphatic heterocycles. The number of nitrogens with zero attached hydrogens (tertiary/aromatic N) is 1. The minimum absolute atomic E-state index is 0.102. The second kappa shape index (κ2) is 4.96. The van der Waals surface area contributed by atoms with Gasteiger partial charge in [-0.05, 0) is 32.6 Å². The molecule has 86 valence electrons. The van der Waals surface area contributed by atoms with Crippen molar-refractivity contribution >= 4 is 5.82 Å². The molecule has 1 aliphatic rings. The first-order chi connectivity index (χ1) is 7.74. The van der Waals surface area contributed by atoms with Crippen LogP contribution in [0.2, 0.25) is 0 Å². The Balaban J connectivity index is 1.87. The monoisotopic (exact) mass is 219 g/mol. The van der Waals surface area contributed by atoms with Gasteiger partial charge < -0.3 is 10.3 Å². The highest BCUT2D eigenvalue weighted by atomic mass is 16.1. The molecular formula is C12H17N3O. The van der Waals surface area contributed by atoms with Gasteiger partial charge in [0.25, 0.3) is 5.56 Å². The summed E-state index contributed by atoms with van der Waals surface area (Å²) in [5.41, 5.74) is 1.42. The van der Waals surface area contributed by atoms with Crippen molar-refractivity contribution in [1.29, 1.82) is 0 Å². The van der Waals surface area contributed by atoms with Crippen molar-refractivity contribution in [3.63, 3.8) is 0 Å². The van der Waals surface area contributed by atoms with Crippen molar-refractivity contribution in [3.8, 4) is 0 Å². The van der Waals surface area contributed by atoms with Crippen LogP contribution in [0.4, 0.5) is 5.82 Å². The van der Waals surface area contributed by atoms with E-state index in [4.69, 9.17) is 0 Å². The molecule has 0 atom stereocenters. The maximum atomic E-state index is 11.2. The lowest BCUT2D eigenvalue weighted by atomic mass is 10.2. The molecule has 0 aromatic carbocycles. The van der Waals surface area contributed by atoms with E-state index in [9.17, 15) is 4.79 Å². The van der Waals surface area contributed by atoms with Crippen LogP contribution in [0.5, 0.6) is 0 Å². The summed E-state index contributed by atoms with van der Waals surface area (Å²) in [7, 11) is 0. The fourth-order valence-corrected chi connectivity index (χ4v) is 1.99. The largest absolute Gasteiger partial charge is 0.370 e. The average Bonchev–Trinajstić information content (AvgIpc) is 2.69. The number of aromatic nitrogens is 2. The van der Waals surface area contributed by atoms with Crippen LogP contribution in [-0.2, 0) is 0 Å². The summed E-state index contributed by atoms with van der Waals surface area (Å²) in [6, 6.07) is 1.50. The lowest BCUT2D eigenvalue weighted by Gasteiger charge is -2.06. The number of anilines is 1. The molecule has 1 aliphatic carbocycles. The number of H-pyrrole nitrogens is 1. The molecule has 0 spiro atoms. The van der Waals surface area contributed by atoms with E-state index in [1.807, 2.05) is 0 Å². The van der Waals surface area contributed by atoms with Gasteiger partial charge in [0.1, 0.15) is 11.6 Å². The van der Waals surface area contributed by atoms with E-state index < -0.39 is 0 Å². The van der Waals surface area contributed by atoms with Gasteiger partial charge in [-0.15, -0.1) is 0 Å². The van der Waals surface area contributed by atoms with Crippen LogP contribution in [0.25, 0.3) is 0 Å². The summed E-state index contributed by atoms with van der Waals surface area (Å²) in [4.78, 5) is 18.0. The summed E-state index contributed by atoms with van der Waals surface area (Å²) in [5.74, 6) is 1.31. The first-order valence-corrected chi connectivity index (χ1v) is 5.74. The molecule has 16 heavy (non-hydrogen) atoms. The maximum Gasteiger partial charge on any atom is 0.252 e. The smallest absolute Gasteiger partial charge is 0.252 e. The van der Waals surface area contributed by atoms with E-state index in [1.165, 1.54) is 30.9 Å². The lowest BCUT2D eigenvalue weighted by molar-refractivity contribution is 0.860. The van der Waals surface area contributed by atoms with Crippen molar-refractivity contribution in [1.82, 2.24) is 9.97 Å². The van der Waals surface area contributed by atoms with Crippen LogP contribution < -0.4 is 10.9 Å². The number of hydrogen-bond acceptors (Lipinski definition) is 3. The second-order valence-electron chi connectivity index (χ2n) is 4.15. The van der Waals surface area contributed by atoms with Crippen LogP contribution >= 0.6 is 0 Å².